The predicted octanol–water partition coefficient (Wildman–Crippen LogP) is 2.77. The van der Waals surface area contributed by atoms with Gasteiger partial charge in [-0.15, -0.1) is 11.3 Å². The third-order valence-electron chi connectivity index (χ3n) is 2.74. The zero-order valence-electron chi connectivity index (χ0n) is 9.24. The minimum absolute atomic E-state index is 0.410. The van der Waals surface area contributed by atoms with Crippen molar-refractivity contribution in [3.63, 3.8) is 0 Å². The second kappa shape index (κ2) is 4.47. The summed E-state index contributed by atoms with van der Waals surface area (Å²) in [4.78, 5) is 4.83. The van der Waals surface area contributed by atoms with Gasteiger partial charge in [0.25, 0.3) is 0 Å². The van der Waals surface area contributed by atoms with Crippen LogP contribution in [0.2, 0.25) is 0 Å². The average Bonchev–Trinajstić information content (AvgIpc) is 3.00. The van der Waals surface area contributed by atoms with Gasteiger partial charge < -0.3 is 9.84 Å². The average molecular weight is 247 g/mol. The maximum atomic E-state index is 10.1. The number of hydrogen-bond donors (Lipinski definition) is 1. The van der Waals surface area contributed by atoms with Gasteiger partial charge in [-0.25, -0.2) is 0 Å². The van der Waals surface area contributed by atoms with Crippen LogP contribution in [-0.2, 0) is 0 Å². The van der Waals surface area contributed by atoms with Gasteiger partial charge in [0, 0.05) is 6.20 Å². The first-order valence-electron chi connectivity index (χ1n) is 5.66. The molecule has 1 aliphatic carbocycles. The third-order valence-corrected chi connectivity index (χ3v) is 3.57. The van der Waals surface area contributed by atoms with E-state index in [9.17, 15) is 5.11 Å². The Labute approximate surface area is 104 Å². The van der Waals surface area contributed by atoms with Crippen molar-refractivity contribution in [2.75, 3.05) is 0 Å². The van der Waals surface area contributed by atoms with Crippen LogP contribution in [0.25, 0.3) is 0 Å². The standard InChI is InChI=1S/C13H13NO2S/c15-13(12-7-14-8-17-12)9-1-3-10(4-2-9)16-11-5-6-11/h1-4,7-8,11,13,15H,5-6H2. The Bertz CT molecular complexity index is 477. The highest BCUT2D eigenvalue weighted by molar-refractivity contribution is 7.09. The molecule has 88 valence electrons. The largest absolute Gasteiger partial charge is 0.490 e. The summed E-state index contributed by atoms with van der Waals surface area (Å²) in [6.45, 7) is 0. The van der Waals surface area contributed by atoms with Crippen LogP contribution in [0.15, 0.2) is 36.0 Å². The quantitative estimate of drug-likeness (QED) is 0.903. The van der Waals surface area contributed by atoms with Gasteiger partial charge in [-0.1, -0.05) is 12.1 Å². The van der Waals surface area contributed by atoms with Crippen LogP contribution < -0.4 is 4.74 Å². The number of rotatable bonds is 4. The van der Waals surface area contributed by atoms with Crippen LogP contribution in [0.1, 0.15) is 29.4 Å². The fraction of sp³-hybridized carbons (Fsp3) is 0.308. The number of aliphatic hydroxyl groups excluding tert-OH is 1. The van der Waals surface area contributed by atoms with Crippen LogP contribution >= 0.6 is 11.3 Å². The molecule has 0 aliphatic heterocycles. The smallest absolute Gasteiger partial charge is 0.119 e. The molecule has 1 fully saturated rings. The first-order valence-corrected chi connectivity index (χ1v) is 6.54. The molecule has 1 N–H and O–H groups in total. The Balaban J connectivity index is 1.74. The molecule has 17 heavy (non-hydrogen) atoms. The molecule has 1 atom stereocenters. The Morgan fingerprint density at radius 1 is 1.29 bits per heavy atom. The second-order valence-electron chi connectivity index (χ2n) is 4.19. The summed E-state index contributed by atoms with van der Waals surface area (Å²) in [6, 6.07) is 7.64. The zero-order chi connectivity index (χ0) is 11.7. The third kappa shape index (κ3) is 2.48. The minimum atomic E-state index is -0.586. The molecule has 0 amide bonds. The lowest BCUT2D eigenvalue weighted by atomic mass is 10.1. The van der Waals surface area contributed by atoms with Gasteiger partial charge in [-0.05, 0) is 30.5 Å². The normalized spacial score (nSPS) is 16.8. The van der Waals surface area contributed by atoms with Crippen molar-refractivity contribution in [2.45, 2.75) is 25.0 Å². The van der Waals surface area contributed by atoms with E-state index in [4.69, 9.17) is 4.74 Å². The molecule has 0 bridgehead atoms. The van der Waals surface area contributed by atoms with Crippen molar-refractivity contribution in [1.82, 2.24) is 4.98 Å². The fourth-order valence-corrected chi connectivity index (χ4v) is 2.26. The lowest BCUT2D eigenvalue weighted by Crippen LogP contribution is -1.99. The first-order chi connectivity index (χ1) is 8.33. The summed E-state index contributed by atoms with van der Waals surface area (Å²) >= 11 is 1.46. The Kier molecular flexibility index (Phi) is 2.82. The monoisotopic (exact) mass is 247 g/mol. The molecule has 1 aromatic heterocycles. The first kappa shape index (κ1) is 10.7. The molecule has 2 aromatic rings. The van der Waals surface area contributed by atoms with Crippen molar-refractivity contribution >= 4 is 11.3 Å². The van der Waals surface area contributed by atoms with Crippen LogP contribution in [0.4, 0.5) is 0 Å². The van der Waals surface area contributed by atoms with Crippen molar-refractivity contribution in [3.05, 3.63) is 46.4 Å². The molecule has 0 spiro atoms. The molecule has 1 heterocycles. The van der Waals surface area contributed by atoms with Crippen LogP contribution in [0, 0.1) is 0 Å². The topological polar surface area (TPSA) is 42.4 Å². The molecular weight excluding hydrogens is 234 g/mol. The molecule has 0 radical (unpaired) electrons. The van der Waals surface area contributed by atoms with Crippen molar-refractivity contribution < 1.29 is 9.84 Å². The van der Waals surface area contributed by atoms with Gasteiger partial charge >= 0.3 is 0 Å². The van der Waals surface area contributed by atoms with E-state index in [1.54, 1.807) is 11.7 Å². The highest BCUT2D eigenvalue weighted by Crippen LogP contribution is 2.29. The van der Waals surface area contributed by atoms with Gasteiger partial charge in [-0.2, -0.15) is 0 Å². The number of aromatic nitrogens is 1. The summed E-state index contributed by atoms with van der Waals surface area (Å²) < 4.78 is 5.66. The maximum absolute atomic E-state index is 10.1. The van der Waals surface area contributed by atoms with E-state index in [0.29, 0.717) is 6.10 Å². The van der Waals surface area contributed by atoms with Gasteiger partial charge in [0.15, 0.2) is 0 Å². The fourth-order valence-electron chi connectivity index (χ4n) is 1.63. The molecule has 1 saturated carbocycles. The Hall–Kier alpha value is -1.39. The predicted molar refractivity (Wildman–Crippen MR) is 66.3 cm³/mol. The van der Waals surface area contributed by atoms with Crippen LogP contribution in [-0.4, -0.2) is 16.2 Å². The maximum Gasteiger partial charge on any atom is 0.119 e. The molecule has 1 unspecified atom stereocenters. The lowest BCUT2D eigenvalue weighted by Gasteiger charge is -2.09. The van der Waals surface area contributed by atoms with Crippen LogP contribution in [0.5, 0.6) is 5.75 Å². The van der Waals surface area contributed by atoms with Crippen molar-refractivity contribution in [3.8, 4) is 5.75 Å². The summed E-state index contributed by atoms with van der Waals surface area (Å²) in [7, 11) is 0. The summed E-state index contributed by atoms with van der Waals surface area (Å²) in [5.41, 5.74) is 2.60. The lowest BCUT2D eigenvalue weighted by molar-refractivity contribution is 0.223. The van der Waals surface area contributed by atoms with E-state index in [2.05, 4.69) is 4.98 Å². The number of benzene rings is 1. The number of aliphatic hydroxyl groups is 1. The molecule has 0 saturated heterocycles. The molecule has 4 heteroatoms. The van der Waals surface area contributed by atoms with Gasteiger partial charge in [0.1, 0.15) is 11.9 Å². The molecular formula is C13H13NO2S. The van der Waals surface area contributed by atoms with E-state index in [1.807, 2.05) is 24.3 Å². The van der Waals surface area contributed by atoms with E-state index in [1.165, 1.54) is 11.3 Å². The molecule has 3 rings (SSSR count). The van der Waals surface area contributed by atoms with Gasteiger partial charge in [0.2, 0.25) is 0 Å². The summed E-state index contributed by atoms with van der Waals surface area (Å²) in [5, 5.41) is 10.1. The minimum Gasteiger partial charge on any atom is -0.490 e. The Morgan fingerprint density at radius 2 is 2.06 bits per heavy atom. The van der Waals surface area contributed by atoms with Gasteiger partial charge in [0.05, 0.1) is 16.5 Å². The molecule has 3 nitrogen and oxygen atoms in total. The van der Waals surface area contributed by atoms with Crippen molar-refractivity contribution in [1.29, 1.82) is 0 Å². The van der Waals surface area contributed by atoms with E-state index < -0.39 is 6.10 Å². The number of ether oxygens (including phenoxy) is 1. The second-order valence-corrected chi connectivity index (χ2v) is 5.11. The van der Waals surface area contributed by atoms with E-state index >= 15 is 0 Å². The number of hydrogen-bond acceptors (Lipinski definition) is 4. The number of thiazole rings is 1. The van der Waals surface area contributed by atoms with E-state index in [0.717, 1.165) is 29.0 Å². The highest BCUT2D eigenvalue weighted by Gasteiger charge is 2.23. The van der Waals surface area contributed by atoms with Crippen molar-refractivity contribution in [2.24, 2.45) is 0 Å². The van der Waals surface area contributed by atoms with Gasteiger partial charge in [-0.3, -0.25) is 4.98 Å². The summed E-state index contributed by atoms with van der Waals surface area (Å²) in [6.07, 6.45) is 3.84. The van der Waals surface area contributed by atoms with E-state index in [-0.39, 0.29) is 0 Å². The Morgan fingerprint density at radius 3 is 2.65 bits per heavy atom. The molecule has 1 aliphatic rings. The number of nitrogens with zero attached hydrogens (tertiary/aromatic N) is 1. The summed E-state index contributed by atoms with van der Waals surface area (Å²) in [5.74, 6) is 0.882. The highest BCUT2D eigenvalue weighted by atomic mass is 32.1. The molecule has 1 aromatic carbocycles. The zero-order valence-corrected chi connectivity index (χ0v) is 10.1. The SMILES string of the molecule is OC(c1ccc(OC2CC2)cc1)c1cncs1. The van der Waals surface area contributed by atoms with Crippen LogP contribution in [0.3, 0.4) is 0 Å².